The number of halogens is 2. The average molecular weight is 440 g/mol. The minimum atomic E-state index is -3.37. The van der Waals surface area contributed by atoms with E-state index in [-0.39, 0.29) is 18.1 Å². The van der Waals surface area contributed by atoms with Gasteiger partial charge in [-0.15, -0.1) is 0 Å². The highest BCUT2D eigenvalue weighted by atomic mass is 79.9. The zero-order chi connectivity index (χ0) is 18.9. The Kier molecular flexibility index (Phi) is 5.15. The quantitative estimate of drug-likeness (QED) is 0.655. The Morgan fingerprint density at radius 2 is 1.96 bits per heavy atom. The molecule has 0 spiro atoms. The van der Waals surface area contributed by atoms with Gasteiger partial charge in [-0.05, 0) is 29.8 Å². The SMILES string of the molecule is CS(=O)(=O)Cc1c(C(=O)NCc2cc(F)ccc2Br)oc2ccccc12. The molecule has 1 N–H and O–H groups in total. The molecule has 0 radical (unpaired) electrons. The maximum absolute atomic E-state index is 13.4. The number of hydrogen-bond acceptors (Lipinski definition) is 4. The van der Waals surface area contributed by atoms with Gasteiger partial charge in [-0.2, -0.15) is 0 Å². The van der Waals surface area contributed by atoms with E-state index in [9.17, 15) is 17.6 Å². The molecule has 0 saturated carbocycles. The van der Waals surface area contributed by atoms with Gasteiger partial charge in [0, 0.05) is 28.2 Å². The van der Waals surface area contributed by atoms with E-state index in [1.165, 1.54) is 12.1 Å². The first kappa shape index (κ1) is 18.6. The first-order valence-corrected chi connectivity index (χ1v) is 10.5. The van der Waals surface area contributed by atoms with Crippen molar-refractivity contribution >= 4 is 42.6 Å². The number of nitrogens with one attached hydrogen (secondary N) is 1. The molecule has 0 aliphatic heterocycles. The number of para-hydroxylation sites is 1. The van der Waals surface area contributed by atoms with E-state index >= 15 is 0 Å². The van der Waals surface area contributed by atoms with Crippen LogP contribution in [0.3, 0.4) is 0 Å². The summed E-state index contributed by atoms with van der Waals surface area (Å²) < 4.78 is 43.1. The highest BCUT2D eigenvalue weighted by molar-refractivity contribution is 9.10. The largest absolute Gasteiger partial charge is 0.451 e. The van der Waals surface area contributed by atoms with Gasteiger partial charge in [-0.1, -0.05) is 34.1 Å². The molecule has 0 aliphatic rings. The van der Waals surface area contributed by atoms with Crippen molar-refractivity contribution in [2.24, 2.45) is 0 Å². The first-order valence-electron chi connectivity index (χ1n) is 7.65. The Balaban J connectivity index is 1.92. The normalized spacial score (nSPS) is 11.7. The van der Waals surface area contributed by atoms with Crippen LogP contribution in [0.25, 0.3) is 11.0 Å². The van der Waals surface area contributed by atoms with Crippen LogP contribution in [0.4, 0.5) is 4.39 Å². The summed E-state index contributed by atoms with van der Waals surface area (Å²) in [6.45, 7) is 0.0620. The van der Waals surface area contributed by atoms with E-state index in [2.05, 4.69) is 21.2 Å². The van der Waals surface area contributed by atoms with Crippen molar-refractivity contribution in [1.82, 2.24) is 5.32 Å². The topological polar surface area (TPSA) is 76.4 Å². The number of carbonyl (C=O) groups is 1. The van der Waals surface area contributed by atoms with Gasteiger partial charge in [-0.25, -0.2) is 12.8 Å². The molecule has 1 aromatic heterocycles. The van der Waals surface area contributed by atoms with Gasteiger partial charge in [-0.3, -0.25) is 4.79 Å². The lowest BCUT2D eigenvalue weighted by atomic mass is 10.1. The van der Waals surface area contributed by atoms with Crippen LogP contribution in [0.5, 0.6) is 0 Å². The standard InChI is InChI=1S/C18H15BrFNO4S/c1-26(23,24)10-14-13-4-2-3-5-16(13)25-17(14)18(22)21-9-11-8-12(20)6-7-15(11)19/h2-8H,9-10H2,1H3,(H,21,22). The Bertz CT molecular complexity index is 1090. The van der Waals surface area contributed by atoms with Gasteiger partial charge < -0.3 is 9.73 Å². The second-order valence-electron chi connectivity index (χ2n) is 5.89. The fourth-order valence-electron chi connectivity index (χ4n) is 2.62. The summed E-state index contributed by atoms with van der Waals surface area (Å²) in [6.07, 6.45) is 1.10. The maximum Gasteiger partial charge on any atom is 0.287 e. The van der Waals surface area contributed by atoms with Gasteiger partial charge in [0.1, 0.15) is 11.4 Å². The monoisotopic (exact) mass is 439 g/mol. The van der Waals surface area contributed by atoms with Crippen LogP contribution < -0.4 is 5.32 Å². The molecular formula is C18H15BrFNO4S. The highest BCUT2D eigenvalue weighted by Gasteiger charge is 2.23. The summed E-state index contributed by atoms with van der Waals surface area (Å²) in [5, 5.41) is 3.22. The summed E-state index contributed by atoms with van der Waals surface area (Å²) in [6, 6.07) is 11.0. The molecule has 0 atom stereocenters. The molecule has 0 fully saturated rings. The van der Waals surface area contributed by atoms with Crippen LogP contribution >= 0.6 is 15.9 Å². The molecule has 8 heteroatoms. The van der Waals surface area contributed by atoms with Crippen molar-refractivity contribution in [3.8, 4) is 0 Å². The third kappa shape index (κ3) is 4.13. The van der Waals surface area contributed by atoms with Crippen LogP contribution in [-0.2, 0) is 22.1 Å². The van der Waals surface area contributed by atoms with Crippen molar-refractivity contribution in [3.63, 3.8) is 0 Å². The van der Waals surface area contributed by atoms with Crippen LogP contribution in [-0.4, -0.2) is 20.6 Å². The molecule has 0 saturated heterocycles. The van der Waals surface area contributed by atoms with Gasteiger partial charge in [0.05, 0.1) is 5.75 Å². The van der Waals surface area contributed by atoms with Gasteiger partial charge in [0.2, 0.25) is 0 Å². The molecule has 3 aromatic rings. The number of rotatable bonds is 5. The molecular weight excluding hydrogens is 425 g/mol. The summed E-state index contributed by atoms with van der Waals surface area (Å²) in [5.41, 5.74) is 1.31. The Morgan fingerprint density at radius 1 is 1.23 bits per heavy atom. The van der Waals surface area contributed by atoms with E-state index in [4.69, 9.17) is 4.42 Å². The lowest BCUT2D eigenvalue weighted by Gasteiger charge is -2.07. The van der Waals surface area contributed by atoms with Crippen LogP contribution in [0.1, 0.15) is 21.7 Å². The predicted molar refractivity (Wildman–Crippen MR) is 100 cm³/mol. The third-order valence-electron chi connectivity index (χ3n) is 3.76. The van der Waals surface area contributed by atoms with E-state index in [0.717, 1.165) is 6.26 Å². The van der Waals surface area contributed by atoms with E-state index in [1.54, 1.807) is 30.3 Å². The Labute approximate surface area is 158 Å². The highest BCUT2D eigenvalue weighted by Crippen LogP contribution is 2.27. The lowest BCUT2D eigenvalue weighted by molar-refractivity contribution is 0.0924. The van der Waals surface area contributed by atoms with Crippen molar-refractivity contribution in [3.05, 3.63) is 69.6 Å². The lowest BCUT2D eigenvalue weighted by Crippen LogP contribution is -2.24. The molecule has 136 valence electrons. The van der Waals surface area contributed by atoms with Crippen LogP contribution in [0, 0.1) is 5.82 Å². The molecule has 1 amide bonds. The summed E-state index contributed by atoms with van der Waals surface area (Å²) in [4.78, 5) is 12.6. The predicted octanol–water partition coefficient (Wildman–Crippen LogP) is 3.81. The van der Waals surface area contributed by atoms with E-state index in [0.29, 0.717) is 26.6 Å². The molecule has 0 bridgehead atoms. The van der Waals surface area contributed by atoms with E-state index < -0.39 is 21.6 Å². The fourth-order valence-corrected chi connectivity index (χ4v) is 3.82. The molecule has 3 rings (SSSR count). The minimum Gasteiger partial charge on any atom is -0.451 e. The van der Waals surface area contributed by atoms with Gasteiger partial charge in [0.25, 0.3) is 5.91 Å². The second-order valence-corrected chi connectivity index (χ2v) is 8.89. The summed E-state index contributed by atoms with van der Waals surface area (Å²) in [5.74, 6) is -1.34. The molecule has 0 aliphatic carbocycles. The van der Waals surface area contributed by atoms with Crippen molar-refractivity contribution in [2.45, 2.75) is 12.3 Å². The molecule has 1 heterocycles. The smallest absolute Gasteiger partial charge is 0.287 e. The number of carbonyl (C=O) groups excluding carboxylic acids is 1. The molecule has 26 heavy (non-hydrogen) atoms. The summed E-state index contributed by atoms with van der Waals surface area (Å²) >= 11 is 3.30. The first-order chi connectivity index (χ1) is 12.2. The second kappa shape index (κ2) is 7.20. The van der Waals surface area contributed by atoms with Crippen molar-refractivity contribution in [1.29, 1.82) is 0 Å². The van der Waals surface area contributed by atoms with Crippen molar-refractivity contribution in [2.75, 3.05) is 6.26 Å². The minimum absolute atomic E-state index is 0.0517. The van der Waals surface area contributed by atoms with Crippen molar-refractivity contribution < 1.29 is 22.0 Å². The summed E-state index contributed by atoms with van der Waals surface area (Å²) in [7, 11) is -3.37. The molecule has 5 nitrogen and oxygen atoms in total. The van der Waals surface area contributed by atoms with Gasteiger partial charge in [0.15, 0.2) is 15.6 Å². The number of furan rings is 1. The number of hydrogen-bond donors (Lipinski definition) is 1. The number of amides is 1. The average Bonchev–Trinajstić information content (AvgIpc) is 2.92. The zero-order valence-corrected chi connectivity index (χ0v) is 16.2. The Hall–Kier alpha value is -2.19. The number of fused-ring (bicyclic) bond motifs is 1. The Morgan fingerprint density at radius 3 is 2.69 bits per heavy atom. The maximum atomic E-state index is 13.4. The third-order valence-corrected chi connectivity index (χ3v) is 5.34. The van der Waals surface area contributed by atoms with E-state index in [1.807, 2.05) is 0 Å². The zero-order valence-electron chi connectivity index (χ0n) is 13.8. The molecule has 0 unspecified atom stereocenters. The van der Waals surface area contributed by atoms with Gasteiger partial charge >= 0.3 is 0 Å². The number of benzene rings is 2. The number of sulfone groups is 1. The van der Waals surface area contributed by atoms with Crippen LogP contribution in [0.2, 0.25) is 0 Å². The fraction of sp³-hybridized carbons (Fsp3) is 0.167. The molecule has 2 aromatic carbocycles. The van der Waals surface area contributed by atoms with Crippen LogP contribution in [0.15, 0.2) is 51.4 Å².